The third kappa shape index (κ3) is 2.81. The molecule has 0 atom stereocenters. The maximum Gasteiger partial charge on any atom is 0.213 e. The van der Waals surface area contributed by atoms with Crippen LogP contribution in [-0.2, 0) is 9.84 Å². The molecule has 1 aliphatic rings. The van der Waals surface area contributed by atoms with E-state index in [2.05, 4.69) is 20.7 Å². The van der Waals surface area contributed by atoms with Crippen molar-refractivity contribution < 1.29 is 8.42 Å². The van der Waals surface area contributed by atoms with Gasteiger partial charge in [0.25, 0.3) is 0 Å². The van der Waals surface area contributed by atoms with Crippen molar-refractivity contribution in [1.29, 1.82) is 0 Å². The Bertz CT molecular complexity index is 492. The molecule has 2 heterocycles. The van der Waals surface area contributed by atoms with E-state index in [0.29, 0.717) is 12.2 Å². The summed E-state index contributed by atoms with van der Waals surface area (Å²) in [5, 5.41) is 0.166. The van der Waals surface area contributed by atoms with Gasteiger partial charge in [-0.2, -0.15) is 8.75 Å². The molecule has 102 valence electrons. The fourth-order valence-corrected chi connectivity index (χ4v) is 4.22. The number of nitrogens with zero attached hydrogens (tertiary/aromatic N) is 4. The molecule has 2 rings (SSSR count). The number of hydrogen-bond donors (Lipinski definition) is 0. The van der Waals surface area contributed by atoms with Crippen molar-refractivity contribution in [3.05, 3.63) is 0 Å². The van der Waals surface area contributed by atoms with Crippen molar-refractivity contribution in [3.63, 3.8) is 0 Å². The van der Waals surface area contributed by atoms with Crippen molar-refractivity contribution in [2.45, 2.75) is 18.4 Å². The molecular formula is C10H18N4O2S2. The first-order valence-corrected chi connectivity index (χ1v) is 8.41. The van der Waals surface area contributed by atoms with Crippen molar-refractivity contribution in [2.24, 2.45) is 0 Å². The molecule has 0 amide bonds. The molecule has 1 aromatic rings. The molecular weight excluding hydrogens is 272 g/mol. The first-order valence-electron chi connectivity index (χ1n) is 6.03. The minimum absolute atomic E-state index is 0.138. The van der Waals surface area contributed by atoms with Crippen LogP contribution in [0.15, 0.2) is 5.03 Å². The molecule has 1 aromatic heterocycles. The van der Waals surface area contributed by atoms with Crippen molar-refractivity contribution in [2.75, 3.05) is 43.9 Å². The Morgan fingerprint density at radius 1 is 1.22 bits per heavy atom. The minimum atomic E-state index is -3.28. The van der Waals surface area contributed by atoms with Crippen molar-refractivity contribution in [1.82, 2.24) is 13.6 Å². The fourth-order valence-electron chi connectivity index (χ4n) is 1.95. The van der Waals surface area contributed by atoms with Gasteiger partial charge in [-0.15, -0.1) is 0 Å². The maximum atomic E-state index is 12.1. The lowest BCUT2D eigenvalue weighted by Gasteiger charge is -2.32. The van der Waals surface area contributed by atoms with Gasteiger partial charge in [0.05, 0.1) is 17.5 Å². The molecule has 1 saturated heterocycles. The molecule has 0 aliphatic carbocycles. The lowest BCUT2D eigenvalue weighted by atomic mass is 10.3. The van der Waals surface area contributed by atoms with Gasteiger partial charge in [-0.05, 0) is 13.5 Å². The number of anilines is 1. The Morgan fingerprint density at radius 3 is 2.50 bits per heavy atom. The van der Waals surface area contributed by atoms with Crippen LogP contribution in [0.5, 0.6) is 0 Å². The molecule has 0 unspecified atom stereocenters. The summed E-state index contributed by atoms with van der Waals surface area (Å²) in [6, 6.07) is 0. The van der Waals surface area contributed by atoms with Gasteiger partial charge in [-0.1, -0.05) is 6.92 Å². The van der Waals surface area contributed by atoms with Crippen LogP contribution in [-0.4, -0.2) is 61.0 Å². The molecule has 0 N–H and O–H groups in total. The molecule has 18 heavy (non-hydrogen) atoms. The fraction of sp³-hybridized carbons (Fsp3) is 0.800. The Hall–Kier alpha value is -0.730. The summed E-state index contributed by atoms with van der Waals surface area (Å²) in [6.07, 6.45) is 0.599. The quantitative estimate of drug-likeness (QED) is 0.803. The first-order chi connectivity index (χ1) is 8.54. The van der Waals surface area contributed by atoms with Gasteiger partial charge >= 0.3 is 0 Å². The highest BCUT2D eigenvalue weighted by Crippen LogP contribution is 2.25. The van der Waals surface area contributed by atoms with E-state index in [9.17, 15) is 8.42 Å². The average Bonchev–Trinajstić information content (AvgIpc) is 2.79. The standard InChI is InChI=1S/C10H18N4O2S2/c1-3-8-18(15,16)10-9(11-17-12-10)14-6-4-13(2)5-7-14/h3-8H2,1-2H3. The molecule has 8 heteroatoms. The second-order valence-corrected chi connectivity index (χ2v) is 7.06. The van der Waals surface area contributed by atoms with Gasteiger partial charge in [-0.25, -0.2) is 8.42 Å². The second kappa shape index (κ2) is 5.50. The summed E-state index contributed by atoms with van der Waals surface area (Å²) in [5.74, 6) is 0.681. The predicted molar refractivity (Wildman–Crippen MR) is 72.0 cm³/mol. The van der Waals surface area contributed by atoms with E-state index in [-0.39, 0.29) is 10.8 Å². The van der Waals surface area contributed by atoms with E-state index in [4.69, 9.17) is 0 Å². The third-order valence-corrected chi connectivity index (χ3v) is 5.46. The largest absolute Gasteiger partial charge is 0.351 e. The van der Waals surface area contributed by atoms with Crippen LogP contribution < -0.4 is 4.90 Å². The van der Waals surface area contributed by atoms with Crippen LogP contribution >= 0.6 is 11.7 Å². The van der Waals surface area contributed by atoms with Gasteiger partial charge < -0.3 is 9.80 Å². The lowest BCUT2D eigenvalue weighted by Crippen LogP contribution is -2.45. The summed E-state index contributed by atoms with van der Waals surface area (Å²) in [4.78, 5) is 4.24. The summed E-state index contributed by atoms with van der Waals surface area (Å²) in [6.45, 7) is 5.30. The highest BCUT2D eigenvalue weighted by Gasteiger charge is 2.27. The van der Waals surface area contributed by atoms with E-state index in [1.165, 1.54) is 0 Å². The molecule has 0 spiro atoms. The Balaban J connectivity index is 2.23. The van der Waals surface area contributed by atoms with E-state index in [0.717, 1.165) is 37.9 Å². The van der Waals surface area contributed by atoms with Gasteiger partial charge in [0.2, 0.25) is 5.03 Å². The average molecular weight is 290 g/mol. The SMILES string of the molecule is CCCS(=O)(=O)c1nsnc1N1CCN(C)CC1. The maximum absolute atomic E-state index is 12.1. The van der Waals surface area contributed by atoms with Crippen LogP contribution in [0.2, 0.25) is 0 Å². The van der Waals surface area contributed by atoms with E-state index < -0.39 is 9.84 Å². The number of sulfone groups is 1. The van der Waals surface area contributed by atoms with Crippen LogP contribution in [0, 0.1) is 0 Å². The zero-order valence-corrected chi connectivity index (χ0v) is 12.3. The molecule has 0 saturated carbocycles. The number of hydrogen-bond acceptors (Lipinski definition) is 7. The van der Waals surface area contributed by atoms with Gasteiger partial charge in [0, 0.05) is 26.2 Å². The topological polar surface area (TPSA) is 66.4 Å². The highest BCUT2D eigenvalue weighted by molar-refractivity contribution is 7.91. The van der Waals surface area contributed by atoms with E-state index in [1.54, 1.807) is 0 Å². The summed E-state index contributed by atoms with van der Waals surface area (Å²) < 4.78 is 32.3. The smallest absolute Gasteiger partial charge is 0.213 e. The molecule has 1 fully saturated rings. The van der Waals surface area contributed by atoms with Crippen LogP contribution in [0.3, 0.4) is 0 Å². The monoisotopic (exact) mass is 290 g/mol. The normalized spacial score (nSPS) is 18.2. The number of piperazine rings is 1. The molecule has 1 aliphatic heterocycles. The number of aromatic nitrogens is 2. The van der Waals surface area contributed by atoms with E-state index in [1.807, 2.05) is 11.8 Å². The summed E-state index contributed by atoms with van der Waals surface area (Å²) in [5.41, 5.74) is 0. The first kappa shape index (κ1) is 13.7. The van der Waals surface area contributed by atoms with Crippen molar-refractivity contribution >= 4 is 27.4 Å². The van der Waals surface area contributed by atoms with Gasteiger partial charge in [0.15, 0.2) is 15.7 Å². The zero-order valence-electron chi connectivity index (χ0n) is 10.7. The molecule has 0 bridgehead atoms. The zero-order chi connectivity index (χ0) is 13.2. The van der Waals surface area contributed by atoms with Crippen LogP contribution in [0.4, 0.5) is 5.82 Å². The van der Waals surface area contributed by atoms with Crippen molar-refractivity contribution in [3.8, 4) is 0 Å². The minimum Gasteiger partial charge on any atom is -0.351 e. The van der Waals surface area contributed by atoms with E-state index >= 15 is 0 Å². The number of likely N-dealkylation sites (N-methyl/N-ethyl adjacent to an activating group) is 1. The predicted octanol–water partition coefficient (Wildman–Crippen LogP) is 0.474. The molecule has 0 aromatic carbocycles. The summed E-state index contributed by atoms with van der Waals surface area (Å²) >= 11 is 0.979. The molecule has 0 radical (unpaired) electrons. The van der Waals surface area contributed by atoms with Gasteiger partial charge in [-0.3, -0.25) is 0 Å². The van der Waals surface area contributed by atoms with Crippen LogP contribution in [0.25, 0.3) is 0 Å². The van der Waals surface area contributed by atoms with Gasteiger partial charge in [0.1, 0.15) is 0 Å². The summed E-state index contributed by atoms with van der Waals surface area (Å²) in [7, 11) is -1.22. The lowest BCUT2D eigenvalue weighted by molar-refractivity contribution is 0.311. The second-order valence-electron chi connectivity index (χ2n) is 4.50. The number of rotatable bonds is 4. The third-order valence-electron chi connectivity index (χ3n) is 3.01. The van der Waals surface area contributed by atoms with Crippen LogP contribution in [0.1, 0.15) is 13.3 Å². The molecule has 6 nitrogen and oxygen atoms in total. The Labute approximate surface area is 112 Å². The Morgan fingerprint density at radius 2 is 1.89 bits per heavy atom. The Kier molecular flexibility index (Phi) is 4.18. The highest BCUT2D eigenvalue weighted by atomic mass is 32.2.